The molecule has 0 aromatic heterocycles. The van der Waals surface area contributed by atoms with Crippen molar-refractivity contribution in [3.05, 3.63) is 27.8 Å². The summed E-state index contributed by atoms with van der Waals surface area (Å²) >= 11 is 0. The number of carbonyl (C=O) groups excluding carboxylic acids is 1. The predicted molar refractivity (Wildman–Crippen MR) is 82.6 cm³/mol. The average Bonchev–Trinajstić information content (AvgIpc) is 2.36. The van der Waals surface area contributed by atoms with Crippen LogP contribution in [-0.4, -0.2) is 16.9 Å². The van der Waals surface area contributed by atoms with Crippen LogP contribution in [0, 0.1) is 15.5 Å². The van der Waals surface area contributed by atoms with Gasteiger partial charge in [0.15, 0.2) is 0 Å². The van der Waals surface area contributed by atoms with E-state index in [4.69, 9.17) is 0 Å². The number of carbonyl (C=O) groups is 1. The molecule has 1 aromatic rings. The smallest absolute Gasteiger partial charge is 0.294 e. The van der Waals surface area contributed by atoms with Gasteiger partial charge in [0.05, 0.1) is 10.6 Å². The number of benzene rings is 1. The van der Waals surface area contributed by atoms with Crippen LogP contribution >= 0.6 is 0 Å². The van der Waals surface area contributed by atoms with E-state index in [9.17, 15) is 14.9 Å². The molecule has 0 saturated carbocycles. The summed E-state index contributed by atoms with van der Waals surface area (Å²) in [5, 5.41) is 17.2. The topological polar surface area (TPSA) is 84.3 Å². The molecular formula is C15H21N3O3. The number of fused-ring (bicyclic) bond motifs is 1. The first-order chi connectivity index (χ1) is 9.68. The Kier molecular flexibility index (Phi) is 3.89. The fraction of sp³-hybridized carbons (Fsp3) is 0.533. The van der Waals surface area contributed by atoms with Crippen molar-refractivity contribution in [2.45, 2.75) is 46.6 Å². The maximum absolute atomic E-state index is 11.4. The van der Waals surface area contributed by atoms with Crippen molar-refractivity contribution < 1.29 is 9.72 Å². The van der Waals surface area contributed by atoms with E-state index < -0.39 is 4.92 Å². The Balaban J connectivity index is 2.40. The second-order valence-electron chi connectivity index (χ2n) is 6.56. The summed E-state index contributed by atoms with van der Waals surface area (Å²) < 4.78 is 0. The highest BCUT2D eigenvalue weighted by Gasteiger charge is 2.26. The molecule has 1 amide bonds. The fourth-order valence-electron chi connectivity index (χ4n) is 2.13. The molecule has 2 N–H and O–H groups in total. The molecule has 114 valence electrons. The molecule has 0 bridgehead atoms. The lowest BCUT2D eigenvalue weighted by atomic mass is 9.87. The van der Waals surface area contributed by atoms with Crippen LogP contribution in [0.5, 0.6) is 0 Å². The van der Waals surface area contributed by atoms with E-state index in [0.717, 1.165) is 5.56 Å². The number of nitro benzene ring substituents is 1. The van der Waals surface area contributed by atoms with Crippen molar-refractivity contribution in [1.82, 2.24) is 0 Å². The van der Waals surface area contributed by atoms with Gasteiger partial charge in [-0.1, -0.05) is 20.8 Å². The van der Waals surface area contributed by atoms with Gasteiger partial charge in [0.2, 0.25) is 5.91 Å². The maximum Gasteiger partial charge on any atom is 0.294 e. The third-order valence-electron chi connectivity index (χ3n) is 3.98. The zero-order valence-corrected chi connectivity index (χ0v) is 12.8. The van der Waals surface area contributed by atoms with E-state index in [1.54, 1.807) is 6.07 Å². The van der Waals surface area contributed by atoms with Gasteiger partial charge < -0.3 is 10.6 Å². The molecule has 21 heavy (non-hydrogen) atoms. The lowest BCUT2D eigenvalue weighted by molar-refractivity contribution is -0.383. The predicted octanol–water partition coefficient (Wildman–Crippen LogP) is 3.33. The van der Waals surface area contributed by atoms with E-state index >= 15 is 0 Å². The number of hydrogen-bond acceptors (Lipinski definition) is 4. The Bertz CT molecular complexity index is 591. The van der Waals surface area contributed by atoms with Gasteiger partial charge in [-0.2, -0.15) is 0 Å². The molecule has 1 aliphatic heterocycles. The Hall–Kier alpha value is -2.11. The summed E-state index contributed by atoms with van der Waals surface area (Å²) in [7, 11) is 0. The normalized spacial score (nSPS) is 15.9. The first-order valence-electron chi connectivity index (χ1n) is 7.06. The third kappa shape index (κ3) is 3.32. The van der Waals surface area contributed by atoms with Crippen LogP contribution in [0.4, 0.5) is 17.1 Å². The zero-order chi connectivity index (χ0) is 15.8. The quantitative estimate of drug-likeness (QED) is 0.661. The molecule has 6 nitrogen and oxygen atoms in total. The van der Waals surface area contributed by atoms with Crippen molar-refractivity contribution in [3.8, 4) is 0 Å². The molecule has 1 aliphatic rings. The molecule has 6 heteroatoms. The molecule has 0 fully saturated rings. The van der Waals surface area contributed by atoms with E-state index in [2.05, 4.69) is 31.4 Å². The minimum absolute atomic E-state index is 0.00736. The molecule has 1 unspecified atom stereocenters. The number of nitrogens with zero attached hydrogens (tertiary/aromatic N) is 1. The van der Waals surface area contributed by atoms with Gasteiger partial charge in [-0.05, 0) is 30.4 Å². The standard InChI is InChI=1S/C15H21N3O3/c1-9(15(2,3)4)16-12-7-10-5-6-14(19)17-11(10)8-13(12)18(20)21/h7-9,16H,5-6H2,1-4H3,(H,17,19). The van der Waals surface area contributed by atoms with Crippen molar-refractivity contribution in [1.29, 1.82) is 0 Å². The first-order valence-corrected chi connectivity index (χ1v) is 7.06. The number of hydrogen-bond donors (Lipinski definition) is 2. The molecule has 1 aromatic carbocycles. The van der Waals surface area contributed by atoms with Crippen molar-refractivity contribution in [3.63, 3.8) is 0 Å². The van der Waals surface area contributed by atoms with Crippen molar-refractivity contribution in [2.24, 2.45) is 5.41 Å². The molecule has 1 atom stereocenters. The van der Waals surface area contributed by atoms with Crippen LogP contribution in [0.15, 0.2) is 12.1 Å². The van der Waals surface area contributed by atoms with E-state index in [1.807, 2.05) is 6.92 Å². The van der Waals surface area contributed by atoms with Crippen LogP contribution in [0.1, 0.15) is 39.7 Å². The largest absolute Gasteiger partial charge is 0.377 e. The van der Waals surface area contributed by atoms with Gasteiger partial charge in [0, 0.05) is 18.5 Å². The number of amides is 1. The molecular weight excluding hydrogens is 270 g/mol. The number of anilines is 2. The monoisotopic (exact) mass is 291 g/mol. The van der Waals surface area contributed by atoms with Crippen molar-refractivity contribution >= 4 is 23.0 Å². The van der Waals surface area contributed by atoms with Gasteiger partial charge in [0.25, 0.3) is 5.69 Å². The molecule has 0 spiro atoms. The van der Waals surface area contributed by atoms with Crippen LogP contribution in [0.25, 0.3) is 0 Å². The molecule has 1 heterocycles. The summed E-state index contributed by atoms with van der Waals surface area (Å²) in [5.41, 5.74) is 1.97. The Morgan fingerprint density at radius 1 is 1.33 bits per heavy atom. The summed E-state index contributed by atoms with van der Waals surface area (Å²) in [6.07, 6.45) is 1.02. The molecule has 2 rings (SSSR count). The van der Waals surface area contributed by atoms with Gasteiger partial charge in [0.1, 0.15) is 5.69 Å². The Labute approximate surface area is 124 Å². The highest BCUT2D eigenvalue weighted by molar-refractivity contribution is 5.95. The zero-order valence-electron chi connectivity index (χ0n) is 12.8. The lowest BCUT2D eigenvalue weighted by Crippen LogP contribution is -2.31. The van der Waals surface area contributed by atoms with Gasteiger partial charge in [-0.3, -0.25) is 14.9 Å². The molecule has 0 saturated heterocycles. The highest BCUT2D eigenvalue weighted by Crippen LogP contribution is 2.35. The van der Waals surface area contributed by atoms with E-state index in [1.165, 1.54) is 6.07 Å². The number of rotatable bonds is 3. The van der Waals surface area contributed by atoms with Crippen molar-refractivity contribution in [2.75, 3.05) is 10.6 Å². The highest BCUT2D eigenvalue weighted by atomic mass is 16.6. The second kappa shape index (κ2) is 5.35. The Morgan fingerprint density at radius 2 is 2.00 bits per heavy atom. The summed E-state index contributed by atoms with van der Waals surface area (Å²) in [6, 6.07) is 3.31. The first kappa shape index (κ1) is 15.3. The minimum Gasteiger partial charge on any atom is -0.377 e. The van der Waals surface area contributed by atoms with Gasteiger partial charge in [-0.15, -0.1) is 0 Å². The van der Waals surface area contributed by atoms with Crippen LogP contribution in [0.3, 0.4) is 0 Å². The summed E-state index contributed by atoms with van der Waals surface area (Å²) in [6.45, 7) is 8.24. The minimum atomic E-state index is -0.418. The van der Waals surface area contributed by atoms with Gasteiger partial charge in [-0.25, -0.2) is 0 Å². The van der Waals surface area contributed by atoms with E-state index in [0.29, 0.717) is 24.2 Å². The third-order valence-corrected chi connectivity index (χ3v) is 3.98. The number of aryl methyl sites for hydroxylation is 1. The SMILES string of the molecule is CC(Nc1cc2c(cc1[N+](=O)[O-])NC(=O)CC2)C(C)(C)C. The Morgan fingerprint density at radius 3 is 2.57 bits per heavy atom. The summed E-state index contributed by atoms with van der Waals surface area (Å²) in [4.78, 5) is 22.3. The summed E-state index contributed by atoms with van der Waals surface area (Å²) in [5.74, 6) is -0.0967. The van der Waals surface area contributed by atoms with Crippen LogP contribution in [0.2, 0.25) is 0 Å². The van der Waals surface area contributed by atoms with Crippen LogP contribution in [-0.2, 0) is 11.2 Å². The molecule has 0 aliphatic carbocycles. The van der Waals surface area contributed by atoms with Gasteiger partial charge >= 0.3 is 0 Å². The second-order valence-corrected chi connectivity index (χ2v) is 6.56. The van der Waals surface area contributed by atoms with E-state index in [-0.39, 0.29) is 23.1 Å². The number of nitro groups is 1. The number of nitrogens with one attached hydrogen (secondary N) is 2. The maximum atomic E-state index is 11.4. The van der Waals surface area contributed by atoms with Crippen LogP contribution < -0.4 is 10.6 Å². The molecule has 0 radical (unpaired) electrons. The fourth-order valence-corrected chi connectivity index (χ4v) is 2.13. The average molecular weight is 291 g/mol. The lowest BCUT2D eigenvalue weighted by Gasteiger charge is -2.29.